The fraction of sp³-hybridized carbons (Fsp3) is 0.500. The van der Waals surface area contributed by atoms with Crippen LogP contribution in [0.2, 0.25) is 0 Å². The van der Waals surface area contributed by atoms with Crippen LogP contribution in [0.5, 0.6) is 0 Å². The molecular formula is C14H22FN3S. The Balaban J connectivity index is 2.63. The van der Waals surface area contributed by atoms with Gasteiger partial charge in [0.1, 0.15) is 10.8 Å². The highest BCUT2D eigenvalue weighted by atomic mass is 32.1. The van der Waals surface area contributed by atoms with Gasteiger partial charge in [0.05, 0.1) is 0 Å². The maximum absolute atomic E-state index is 13.2. The van der Waals surface area contributed by atoms with Crippen molar-refractivity contribution in [3.63, 3.8) is 0 Å². The molecule has 5 heteroatoms. The third-order valence-corrected chi connectivity index (χ3v) is 3.14. The summed E-state index contributed by atoms with van der Waals surface area (Å²) < 4.78 is 13.2. The predicted molar refractivity (Wildman–Crippen MR) is 81.8 cm³/mol. The molecule has 0 heterocycles. The van der Waals surface area contributed by atoms with Crippen molar-refractivity contribution in [2.24, 2.45) is 5.73 Å². The van der Waals surface area contributed by atoms with Crippen LogP contribution >= 0.6 is 12.2 Å². The monoisotopic (exact) mass is 283 g/mol. The van der Waals surface area contributed by atoms with Crippen LogP contribution in [-0.4, -0.2) is 49.0 Å². The number of hydrogen-bond acceptors (Lipinski definition) is 3. The van der Waals surface area contributed by atoms with E-state index in [1.54, 1.807) is 6.07 Å². The summed E-state index contributed by atoms with van der Waals surface area (Å²) in [5.74, 6) is -0.304. The van der Waals surface area contributed by atoms with Crippen LogP contribution in [0.15, 0.2) is 18.2 Å². The van der Waals surface area contributed by atoms with Gasteiger partial charge in [-0.3, -0.25) is 0 Å². The summed E-state index contributed by atoms with van der Waals surface area (Å²) in [6.45, 7) is 2.75. The standard InChI is InChI=1S/C14H22FN3S/c1-17(2)7-4-8-18(3)10-11-5-6-12(15)9-13(11)14(16)19/h5-6,9H,4,7-8,10H2,1-3H3,(H2,16,19). The smallest absolute Gasteiger partial charge is 0.123 e. The van der Waals surface area contributed by atoms with Gasteiger partial charge >= 0.3 is 0 Å². The average molecular weight is 283 g/mol. The molecule has 1 aromatic rings. The summed E-state index contributed by atoms with van der Waals surface area (Å²) in [6, 6.07) is 4.61. The lowest BCUT2D eigenvalue weighted by molar-refractivity contribution is 0.294. The van der Waals surface area contributed by atoms with Crippen molar-refractivity contribution in [3.05, 3.63) is 35.1 Å². The van der Waals surface area contributed by atoms with Crippen LogP contribution in [0.25, 0.3) is 0 Å². The van der Waals surface area contributed by atoms with Crippen LogP contribution in [0.3, 0.4) is 0 Å². The van der Waals surface area contributed by atoms with E-state index >= 15 is 0 Å². The minimum atomic E-state index is -0.304. The van der Waals surface area contributed by atoms with Gasteiger partial charge in [0.2, 0.25) is 0 Å². The summed E-state index contributed by atoms with van der Waals surface area (Å²) >= 11 is 4.97. The van der Waals surface area contributed by atoms with Crippen molar-refractivity contribution in [3.8, 4) is 0 Å². The van der Waals surface area contributed by atoms with Gasteiger partial charge in [0.15, 0.2) is 0 Å². The molecule has 0 saturated heterocycles. The van der Waals surface area contributed by atoms with Crippen molar-refractivity contribution in [1.82, 2.24) is 9.80 Å². The van der Waals surface area contributed by atoms with E-state index in [9.17, 15) is 4.39 Å². The topological polar surface area (TPSA) is 32.5 Å². The SMILES string of the molecule is CN(C)CCCN(C)Cc1ccc(F)cc1C(N)=S. The number of nitrogens with two attached hydrogens (primary N) is 1. The maximum atomic E-state index is 13.2. The number of rotatable bonds is 7. The molecule has 0 saturated carbocycles. The van der Waals surface area contributed by atoms with Crippen LogP contribution in [-0.2, 0) is 6.54 Å². The summed E-state index contributed by atoms with van der Waals surface area (Å²) in [7, 11) is 6.16. The molecule has 0 atom stereocenters. The van der Waals surface area contributed by atoms with Gasteiger partial charge in [0, 0.05) is 12.1 Å². The van der Waals surface area contributed by atoms with Crippen molar-refractivity contribution in [2.45, 2.75) is 13.0 Å². The fourth-order valence-electron chi connectivity index (χ4n) is 1.94. The Bertz CT molecular complexity index is 435. The zero-order chi connectivity index (χ0) is 14.4. The number of nitrogens with zero attached hydrogens (tertiary/aromatic N) is 2. The molecule has 0 bridgehead atoms. The largest absolute Gasteiger partial charge is 0.389 e. The lowest BCUT2D eigenvalue weighted by Gasteiger charge is -2.19. The van der Waals surface area contributed by atoms with Gasteiger partial charge in [-0.25, -0.2) is 4.39 Å². The molecule has 0 amide bonds. The molecule has 1 aromatic carbocycles. The zero-order valence-electron chi connectivity index (χ0n) is 11.8. The molecule has 3 nitrogen and oxygen atoms in total. The summed E-state index contributed by atoms with van der Waals surface area (Å²) in [4.78, 5) is 4.60. The Hall–Kier alpha value is -1.04. The molecular weight excluding hydrogens is 261 g/mol. The van der Waals surface area contributed by atoms with E-state index in [-0.39, 0.29) is 10.8 Å². The molecule has 0 radical (unpaired) electrons. The predicted octanol–water partition coefficient (Wildman–Crippen LogP) is 1.84. The van der Waals surface area contributed by atoms with Gasteiger partial charge < -0.3 is 15.5 Å². The first kappa shape index (κ1) is 16.0. The van der Waals surface area contributed by atoms with Crippen molar-refractivity contribution >= 4 is 17.2 Å². The number of benzene rings is 1. The van der Waals surface area contributed by atoms with E-state index in [1.165, 1.54) is 12.1 Å². The minimum Gasteiger partial charge on any atom is -0.389 e. The Morgan fingerprint density at radius 3 is 2.53 bits per heavy atom. The van der Waals surface area contributed by atoms with E-state index < -0.39 is 0 Å². The van der Waals surface area contributed by atoms with Gasteiger partial charge in [0.25, 0.3) is 0 Å². The highest BCUT2D eigenvalue weighted by molar-refractivity contribution is 7.80. The summed E-state index contributed by atoms with van der Waals surface area (Å²) in [6.07, 6.45) is 1.09. The van der Waals surface area contributed by atoms with Crippen LogP contribution in [0.4, 0.5) is 4.39 Å². The quantitative estimate of drug-likeness (QED) is 0.774. The highest BCUT2D eigenvalue weighted by Crippen LogP contribution is 2.13. The van der Waals surface area contributed by atoms with Crippen molar-refractivity contribution < 1.29 is 4.39 Å². The van der Waals surface area contributed by atoms with Crippen LogP contribution in [0.1, 0.15) is 17.5 Å². The number of thiocarbonyl (C=S) groups is 1. The van der Waals surface area contributed by atoms with E-state index in [0.29, 0.717) is 5.56 Å². The lowest BCUT2D eigenvalue weighted by atomic mass is 10.1. The van der Waals surface area contributed by atoms with Crippen LogP contribution in [0, 0.1) is 5.82 Å². The number of halogens is 1. The third kappa shape index (κ3) is 5.63. The van der Waals surface area contributed by atoms with Gasteiger partial charge in [-0.15, -0.1) is 0 Å². The molecule has 0 unspecified atom stereocenters. The lowest BCUT2D eigenvalue weighted by Crippen LogP contribution is -2.25. The Kier molecular flexibility index (Phi) is 6.34. The first-order chi connectivity index (χ1) is 8.90. The van der Waals surface area contributed by atoms with Crippen molar-refractivity contribution in [2.75, 3.05) is 34.2 Å². The molecule has 0 aliphatic rings. The third-order valence-electron chi connectivity index (χ3n) is 2.92. The Morgan fingerprint density at radius 1 is 1.26 bits per heavy atom. The van der Waals surface area contributed by atoms with Gasteiger partial charge in [-0.2, -0.15) is 0 Å². The molecule has 2 N–H and O–H groups in total. The first-order valence-electron chi connectivity index (χ1n) is 6.31. The molecule has 0 aromatic heterocycles. The number of hydrogen-bond donors (Lipinski definition) is 1. The second kappa shape index (κ2) is 7.53. The van der Waals surface area contributed by atoms with E-state index in [2.05, 4.69) is 23.9 Å². The second-order valence-corrected chi connectivity index (χ2v) is 5.50. The Morgan fingerprint density at radius 2 is 1.95 bits per heavy atom. The van der Waals surface area contributed by atoms with E-state index in [1.807, 2.05) is 7.05 Å². The molecule has 106 valence electrons. The van der Waals surface area contributed by atoms with E-state index in [4.69, 9.17) is 18.0 Å². The second-order valence-electron chi connectivity index (χ2n) is 5.06. The normalized spacial score (nSPS) is 11.3. The Labute approximate surface area is 120 Å². The van der Waals surface area contributed by atoms with Gasteiger partial charge in [-0.1, -0.05) is 18.3 Å². The van der Waals surface area contributed by atoms with Gasteiger partial charge in [-0.05, 0) is 58.3 Å². The molecule has 0 aliphatic carbocycles. The van der Waals surface area contributed by atoms with Crippen LogP contribution < -0.4 is 5.73 Å². The zero-order valence-corrected chi connectivity index (χ0v) is 12.6. The maximum Gasteiger partial charge on any atom is 0.123 e. The molecule has 1 rings (SSSR count). The average Bonchev–Trinajstić information content (AvgIpc) is 2.30. The first-order valence-corrected chi connectivity index (χ1v) is 6.72. The molecule has 0 fully saturated rings. The fourth-order valence-corrected chi connectivity index (χ4v) is 2.13. The summed E-state index contributed by atoms with van der Waals surface area (Å²) in [5, 5.41) is 0. The highest BCUT2D eigenvalue weighted by Gasteiger charge is 2.09. The summed E-state index contributed by atoms with van der Waals surface area (Å²) in [5.41, 5.74) is 7.25. The van der Waals surface area contributed by atoms with E-state index in [0.717, 1.165) is 31.6 Å². The molecule has 0 spiro atoms. The molecule has 19 heavy (non-hydrogen) atoms. The minimum absolute atomic E-state index is 0.246. The molecule has 0 aliphatic heterocycles. The van der Waals surface area contributed by atoms with Crippen molar-refractivity contribution in [1.29, 1.82) is 0 Å².